The number of hydrogen-bond acceptors (Lipinski definition) is 4. The molecule has 1 aromatic heterocycles. The lowest BCUT2D eigenvalue weighted by molar-refractivity contribution is -0.137. The van der Waals surface area contributed by atoms with E-state index >= 15 is 0 Å². The molecule has 2 aromatic carbocycles. The zero-order valence-corrected chi connectivity index (χ0v) is 19.8. The van der Waals surface area contributed by atoms with Crippen molar-refractivity contribution in [2.75, 3.05) is 11.4 Å². The average molecular weight is 499 g/mol. The lowest BCUT2D eigenvalue weighted by Crippen LogP contribution is -2.36. The van der Waals surface area contributed by atoms with Crippen molar-refractivity contribution < 1.29 is 27.9 Å². The lowest BCUT2D eigenvalue weighted by atomic mass is 10.0. The number of benzene rings is 2. The zero-order valence-electron chi connectivity index (χ0n) is 19.8. The molecule has 0 bridgehead atoms. The van der Waals surface area contributed by atoms with Gasteiger partial charge in [0.15, 0.2) is 0 Å². The van der Waals surface area contributed by atoms with Crippen molar-refractivity contribution >= 4 is 17.7 Å². The summed E-state index contributed by atoms with van der Waals surface area (Å²) in [5.41, 5.74) is 1.49. The van der Waals surface area contributed by atoms with E-state index in [9.17, 15) is 22.8 Å². The SMILES string of the molecule is Cc1nn2c(c1C(=O)NC1(c3ccc(C(=O)O)cc3)CC1)N(C(C)c1ccc(C(F)(F)F)cc1)CC2. The first-order valence-corrected chi connectivity index (χ1v) is 11.7. The molecule has 5 rings (SSSR count). The van der Waals surface area contributed by atoms with Crippen molar-refractivity contribution in [2.24, 2.45) is 0 Å². The molecule has 1 amide bonds. The molecule has 1 unspecified atom stereocenters. The topological polar surface area (TPSA) is 87.5 Å². The molecule has 0 saturated heterocycles. The fourth-order valence-corrected chi connectivity index (χ4v) is 4.92. The fraction of sp³-hybridized carbons (Fsp3) is 0.346. The molecule has 1 aliphatic carbocycles. The summed E-state index contributed by atoms with van der Waals surface area (Å²) in [7, 11) is 0. The Labute approximate surface area is 205 Å². The molecule has 2 aliphatic rings. The number of carboxylic acids is 1. The number of nitrogens with one attached hydrogen (secondary N) is 1. The van der Waals surface area contributed by atoms with Crippen LogP contribution < -0.4 is 10.2 Å². The lowest BCUT2D eigenvalue weighted by Gasteiger charge is -2.27. The largest absolute Gasteiger partial charge is 0.478 e. The van der Waals surface area contributed by atoms with Crippen LogP contribution in [0.25, 0.3) is 0 Å². The standard InChI is InChI=1S/C26H25F3N4O3/c1-15-21(22(34)30-25(11-12-25)19-7-5-18(6-8-19)24(35)36)23-32(13-14-33(23)31-15)16(2)17-3-9-20(10-4-17)26(27,28)29/h3-10,16H,11-14H2,1-2H3,(H,30,34)(H,35,36). The van der Waals surface area contributed by atoms with Crippen molar-refractivity contribution in [3.05, 3.63) is 82.0 Å². The Balaban J connectivity index is 1.40. The Morgan fingerprint density at radius 1 is 1.06 bits per heavy atom. The van der Waals surface area contributed by atoms with Gasteiger partial charge in [-0.3, -0.25) is 4.79 Å². The van der Waals surface area contributed by atoms with Gasteiger partial charge in [-0.05, 0) is 62.1 Å². The van der Waals surface area contributed by atoms with Gasteiger partial charge < -0.3 is 15.3 Å². The zero-order chi connectivity index (χ0) is 25.8. The molecule has 2 heterocycles. The van der Waals surface area contributed by atoms with Crippen molar-refractivity contribution in [1.82, 2.24) is 15.1 Å². The first-order chi connectivity index (χ1) is 17.0. The number of alkyl halides is 3. The van der Waals surface area contributed by atoms with Crippen LogP contribution in [0.3, 0.4) is 0 Å². The molecule has 3 aromatic rings. The quantitative estimate of drug-likeness (QED) is 0.504. The number of anilines is 1. The summed E-state index contributed by atoms with van der Waals surface area (Å²) >= 11 is 0. The monoisotopic (exact) mass is 498 g/mol. The highest BCUT2D eigenvalue weighted by Gasteiger charge is 2.47. The number of aryl methyl sites for hydroxylation is 1. The van der Waals surface area contributed by atoms with Crippen LogP contribution in [0.1, 0.15) is 68.9 Å². The van der Waals surface area contributed by atoms with E-state index in [1.165, 1.54) is 24.3 Å². The van der Waals surface area contributed by atoms with Crippen LogP contribution in [0.15, 0.2) is 48.5 Å². The maximum Gasteiger partial charge on any atom is 0.416 e. The maximum absolute atomic E-state index is 13.5. The van der Waals surface area contributed by atoms with Crippen LogP contribution in [-0.2, 0) is 18.3 Å². The second-order valence-electron chi connectivity index (χ2n) is 9.42. The van der Waals surface area contributed by atoms with Gasteiger partial charge in [0.2, 0.25) is 0 Å². The molecular weight excluding hydrogens is 473 g/mol. The Morgan fingerprint density at radius 3 is 2.25 bits per heavy atom. The van der Waals surface area contributed by atoms with Crippen molar-refractivity contribution in [3.63, 3.8) is 0 Å². The van der Waals surface area contributed by atoms with Crippen LogP contribution in [0.4, 0.5) is 19.0 Å². The van der Waals surface area contributed by atoms with E-state index < -0.39 is 23.2 Å². The molecule has 1 saturated carbocycles. The number of hydrogen-bond donors (Lipinski definition) is 2. The summed E-state index contributed by atoms with van der Waals surface area (Å²) in [5.74, 6) is -0.640. The Bertz CT molecular complexity index is 1330. The molecule has 10 heteroatoms. The number of halogens is 3. The van der Waals surface area contributed by atoms with Gasteiger partial charge in [-0.15, -0.1) is 0 Å². The fourth-order valence-electron chi connectivity index (χ4n) is 4.92. The van der Waals surface area contributed by atoms with Gasteiger partial charge in [-0.1, -0.05) is 24.3 Å². The molecule has 1 atom stereocenters. The number of carboxylic acid groups (broad SMARTS) is 1. The second kappa shape index (κ2) is 8.39. The Kier molecular flexibility index (Phi) is 5.57. The van der Waals surface area contributed by atoms with Crippen LogP contribution in [-0.4, -0.2) is 33.3 Å². The summed E-state index contributed by atoms with van der Waals surface area (Å²) in [6.07, 6.45) is -2.93. The number of rotatable bonds is 6. The predicted octanol–water partition coefficient (Wildman–Crippen LogP) is 4.91. The molecule has 2 N–H and O–H groups in total. The highest BCUT2D eigenvalue weighted by atomic mass is 19.4. The van der Waals surface area contributed by atoms with Crippen LogP contribution >= 0.6 is 0 Å². The first-order valence-electron chi connectivity index (χ1n) is 11.7. The van der Waals surface area contributed by atoms with Crippen LogP contribution in [0, 0.1) is 6.92 Å². The summed E-state index contributed by atoms with van der Waals surface area (Å²) in [4.78, 5) is 26.7. The maximum atomic E-state index is 13.5. The van der Waals surface area contributed by atoms with Gasteiger partial charge in [0.1, 0.15) is 11.4 Å². The van der Waals surface area contributed by atoms with E-state index in [1.54, 1.807) is 23.7 Å². The Hall–Kier alpha value is -3.82. The number of aromatic nitrogens is 2. The highest BCUT2D eigenvalue weighted by molar-refractivity contribution is 6.01. The average Bonchev–Trinajstić information content (AvgIpc) is 3.39. The summed E-state index contributed by atoms with van der Waals surface area (Å²) in [5, 5.41) is 16.8. The van der Waals surface area contributed by atoms with E-state index in [4.69, 9.17) is 5.11 Å². The Morgan fingerprint density at radius 2 is 1.69 bits per heavy atom. The smallest absolute Gasteiger partial charge is 0.416 e. The number of aromatic carboxylic acids is 1. The third kappa shape index (κ3) is 4.10. The number of amides is 1. The van der Waals surface area contributed by atoms with Gasteiger partial charge in [0, 0.05) is 6.54 Å². The molecule has 1 aliphatic heterocycles. The van der Waals surface area contributed by atoms with Crippen molar-refractivity contribution in [2.45, 2.75) is 51.0 Å². The number of carbonyl (C=O) groups is 2. The predicted molar refractivity (Wildman–Crippen MR) is 126 cm³/mol. The summed E-state index contributed by atoms with van der Waals surface area (Å²) in [6, 6.07) is 11.3. The van der Waals surface area contributed by atoms with Crippen molar-refractivity contribution in [1.29, 1.82) is 0 Å². The summed E-state index contributed by atoms with van der Waals surface area (Å²) < 4.78 is 40.7. The molecule has 188 valence electrons. The highest BCUT2D eigenvalue weighted by Crippen LogP contribution is 2.46. The number of fused-ring (bicyclic) bond motifs is 1. The molecule has 0 radical (unpaired) electrons. The number of carbonyl (C=O) groups excluding carboxylic acids is 1. The minimum atomic E-state index is -4.40. The van der Waals surface area contributed by atoms with E-state index in [-0.39, 0.29) is 17.5 Å². The second-order valence-corrected chi connectivity index (χ2v) is 9.42. The van der Waals surface area contributed by atoms with Crippen LogP contribution in [0.2, 0.25) is 0 Å². The van der Waals surface area contributed by atoms with Crippen molar-refractivity contribution in [3.8, 4) is 0 Å². The molecule has 1 fully saturated rings. The van der Waals surface area contributed by atoms with E-state index in [1.807, 2.05) is 11.8 Å². The summed E-state index contributed by atoms with van der Waals surface area (Å²) in [6.45, 7) is 4.81. The molecule has 0 spiro atoms. The van der Waals surface area contributed by atoms with Gasteiger partial charge in [0.05, 0.1) is 34.9 Å². The molecule has 7 nitrogen and oxygen atoms in total. The molecular formula is C26H25F3N4O3. The minimum absolute atomic E-state index is 0.180. The van der Waals surface area contributed by atoms with Crippen LogP contribution in [0.5, 0.6) is 0 Å². The third-order valence-electron chi connectivity index (χ3n) is 7.13. The van der Waals surface area contributed by atoms with E-state index in [2.05, 4.69) is 10.4 Å². The van der Waals surface area contributed by atoms with Gasteiger partial charge >= 0.3 is 12.1 Å². The van der Waals surface area contributed by atoms with Gasteiger partial charge in [-0.2, -0.15) is 18.3 Å². The number of nitrogens with zero attached hydrogens (tertiary/aromatic N) is 3. The van der Waals surface area contributed by atoms with Gasteiger partial charge in [-0.25, -0.2) is 9.48 Å². The normalized spacial score (nSPS) is 17.0. The van der Waals surface area contributed by atoms with E-state index in [0.29, 0.717) is 35.7 Å². The first kappa shape index (κ1) is 23.9. The molecule has 36 heavy (non-hydrogen) atoms. The van der Waals surface area contributed by atoms with E-state index in [0.717, 1.165) is 30.5 Å². The third-order valence-corrected chi connectivity index (χ3v) is 7.13. The minimum Gasteiger partial charge on any atom is -0.478 e. The van der Waals surface area contributed by atoms with Gasteiger partial charge in [0.25, 0.3) is 5.91 Å².